The van der Waals surface area contributed by atoms with Crippen molar-refractivity contribution in [1.29, 1.82) is 5.26 Å². The fraction of sp³-hybridized carbons (Fsp3) is 0.800. The molecule has 1 fully saturated rings. The van der Waals surface area contributed by atoms with Crippen molar-refractivity contribution in [1.82, 2.24) is 4.90 Å². The maximum atomic E-state index is 10.6. The monoisotopic (exact) mass is 212 g/mol. The average Bonchev–Trinajstić information content (AvgIpc) is 2.18. The highest BCUT2D eigenvalue weighted by atomic mass is 16.5. The highest BCUT2D eigenvalue weighted by Gasteiger charge is 2.23. The molecule has 1 aliphatic heterocycles. The summed E-state index contributed by atoms with van der Waals surface area (Å²) in [6, 6.07) is 2.05. The second-order valence-corrected chi connectivity index (χ2v) is 3.78. The smallest absolute Gasteiger partial charge is 0.407 e. The van der Waals surface area contributed by atoms with Crippen LogP contribution in [-0.2, 0) is 4.74 Å². The van der Waals surface area contributed by atoms with E-state index >= 15 is 0 Å². The molecule has 1 aliphatic rings. The molecule has 1 atom stereocenters. The quantitative estimate of drug-likeness (QED) is 0.768. The maximum Gasteiger partial charge on any atom is 0.407 e. The van der Waals surface area contributed by atoms with Gasteiger partial charge in [0.2, 0.25) is 0 Å². The van der Waals surface area contributed by atoms with E-state index in [1.54, 1.807) is 0 Å². The van der Waals surface area contributed by atoms with Crippen molar-refractivity contribution in [2.45, 2.75) is 38.4 Å². The van der Waals surface area contributed by atoms with Crippen LogP contribution < -0.4 is 0 Å². The van der Waals surface area contributed by atoms with Gasteiger partial charge in [-0.25, -0.2) is 4.79 Å². The van der Waals surface area contributed by atoms with Gasteiger partial charge in [0.15, 0.2) is 0 Å². The lowest BCUT2D eigenvalue weighted by Gasteiger charge is -2.31. The summed E-state index contributed by atoms with van der Waals surface area (Å²) in [7, 11) is 0. The van der Waals surface area contributed by atoms with Crippen LogP contribution in [-0.4, -0.2) is 41.4 Å². The zero-order valence-electron chi connectivity index (χ0n) is 8.85. The van der Waals surface area contributed by atoms with Crippen molar-refractivity contribution in [3.05, 3.63) is 0 Å². The SMILES string of the molecule is C[C@H](CC#N)OC1CCN(C(=O)O)CC1. The van der Waals surface area contributed by atoms with E-state index in [9.17, 15) is 4.79 Å². The van der Waals surface area contributed by atoms with Gasteiger partial charge < -0.3 is 14.7 Å². The van der Waals surface area contributed by atoms with Crippen molar-refractivity contribution in [3.63, 3.8) is 0 Å². The fourth-order valence-electron chi connectivity index (χ4n) is 1.69. The number of nitrogens with zero attached hydrogens (tertiary/aromatic N) is 2. The number of piperidine rings is 1. The van der Waals surface area contributed by atoms with Crippen molar-refractivity contribution in [2.75, 3.05) is 13.1 Å². The zero-order valence-corrected chi connectivity index (χ0v) is 8.85. The van der Waals surface area contributed by atoms with E-state index in [4.69, 9.17) is 15.1 Å². The minimum atomic E-state index is -0.862. The van der Waals surface area contributed by atoms with Crippen LogP contribution in [0.3, 0.4) is 0 Å². The number of carbonyl (C=O) groups is 1. The van der Waals surface area contributed by atoms with Gasteiger partial charge in [0.05, 0.1) is 24.7 Å². The van der Waals surface area contributed by atoms with E-state index < -0.39 is 6.09 Å². The first-order valence-corrected chi connectivity index (χ1v) is 5.13. The van der Waals surface area contributed by atoms with Gasteiger partial charge in [-0.05, 0) is 19.8 Å². The van der Waals surface area contributed by atoms with Crippen LogP contribution >= 0.6 is 0 Å². The number of hydrogen-bond acceptors (Lipinski definition) is 3. The molecule has 1 rings (SSSR count). The Hall–Kier alpha value is -1.28. The molecule has 0 aliphatic carbocycles. The number of nitriles is 1. The average molecular weight is 212 g/mol. The second-order valence-electron chi connectivity index (χ2n) is 3.78. The Morgan fingerprint density at radius 3 is 2.73 bits per heavy atom. The van der Waals surface area contributed by atoms with Crippen molar-refractivity contribution >= 4 is 6.09 Å². The number of amides is 1. The maximum absolute atomic E-state index is 10.6. The minimum Gasteiger partial charge on any atom is -0.465 e. The van der Waals surface area contributed by atoms with Crippen LogP contribution in [0.25, 0.3) is 0 Å². The van der Waals surface area contributed by atoms with E-state index in [0.29, 0.717) is 19.5 Å². The third kappa shape index (κ3) is 3.76. The standard InChI is InChI=1S/C10H16N2O3/c1-8(2-5-11)15-9-3-6-12(7-4-9)10(13)14/h8-9H,2-4,6-7H2,1H3,(H,13,14)/t8-/m1/s1. The molecule has 0 bridgehead atoms. The molecular formula is C10H16N2O3. The van der Waals surface area contributed by atoms with E-state index in [-0.39, 0.29) is 12.2 Å². The highest BCUT2D eigenvalue weighted by molar-refractivity contribution is 5.64. The molecule has 1 amide bonds. The molecule has 15 heavy (non-hydrogen) atoms. The number of ether oxygens (including phenoxy) is 1. The number of carboxylic acid groups (broad SMARTS) is 1. The van der Waals surface area contributed by atoms with Gasteiger partial charge in [-0.2, -0.15) is 5.26 Å². The summed E-state index contributed by atoms with van der Waals surface area (Å²) in [5.74, 6) is 0. The lowest BCUT2D eigenvalue weighted by atomic mass is 10.1. The van der Waals surface area contributed by atoms with Crippen LogP contribution in [0.5, 0.6) is 0 Å². The van der Waals surface area contributed by atoms with Crippen molar-refractivity contribution in [2.24, 2.45) is 0 Å². The predicted octanol–water partition coefficient (Wildman–Crippen LogP) is 1.45. The third-order valence-electron chi connectivity index (χ3n) is 2.52. The van der Waals surface area contributed by atoms with Gasteiger partial charge >= 0.3 is 6.09 Å². The van der Waals surface area contributed by atoms with Crippen LogP contribution in [0.2, 0.25) is 0 Å². The summed E-state index contributed by atoms with van der Waals surface area (Å²) in [5.41, 5.74) is 0. The highest BCUT2D eigenvalue weighted by Crippen LogP contribution is 2.16. The largest absolute Gasteiger partial charge is 0.465 e. The molecule has 0 aromatic carbocycles. The molecule has 84 valence electrons. The summed E-state index contributed by atoms with van der Waals surface area (Å²) in [4.78, 5) is 12.0. The van der Waals surface area contributed by atoms with Crippen LogP contribution in [0, 0.1) is 11.3 Å². The Labute approximate surface area is 89.2 Å². The normalized spacial score (nSPS) is 19.6. The van der Waals surface area contributed by atoms with Gasteiger partial charge in [-0.1, -0.05) is 0 Å². The van der Waals surface area contributed by atoms with Crippen LogP contribution in [0.4, 0.5) is 4.79 Å². The van der Waals surface area contributed by atoms with Crippen LogP contribution in [0.1, 0.15) is 26.2 Å². The molecule has 1 saturated heterocycles. The molecule has 0 radical (unpaired) electrons. The molecule has 0 aromatic rings. The molecular weight excluding hydrogens is 196 g/mol. The summed E-state index contributed by atoms with van der Waals surface area (Å²) in [6.45, 7) is 2.92. The number of rotatable bonds is 3. The first kappa shape index (κ1) is 11.8. The van der Waals surface area contributed by atoms with E-state index in [1.807, 2.05) is 6.92 Å². The van der Waals surface area contributed by atoms with E-state index in [1.165, 1.54) is 4.90 Å². The Balaban J connectivity index is 2.26. The summed E-state index contributed by atoms with van der Waals surface area (Å²) < 4.78 is 5.62. The molecule has 0 saturated carbocycles. The summed E-state index contributed by atoms with van der Waals surface area (Å²) in [5, 5.41) is 17.2. The molecule has 1 heterocycles. The van der Waals surface area contributed by atoms with Crippen molar-refractivity contribution in [3.8, 4) is 6.07 Å². The Morgan fingerprint density at radius 1 is 1.67 bits per heavy atom. The Bertz CT molecular complexity index is 254. The van der Waals surface area contributed by atoms with Crippen LogP contribution in [0.15, 0.2) is 0 Å². The van der Waals surface area contributed by atoms with Crippen molar-refractivity contribution < 1.29 is 14.6 Å². The molecule has 5 heteroatoms. The third-order valence-corrected chi connectivity index (χ3v) is 2.52. The van der Waals surface area contributed by atoms with Gasteiger partial charge in [0.1, 0.15) is 0 Å². The molecule has 0 unspecified atom stereocenters. The lowest BCUT2D eigenvalue weighted by Crippen LogP contribution is -2.40. The molecule has 1 N–H and O–H groups in total. The zero-order chi connectivity index (χ0) is 11.3. The first-order chi connectivity index (χ1) is 7.13. The van der Waals surface area contributed by atoms with Gasteiger partial charge in [0, 0.05) is 13.1 Å². The number of hydrogen-bond donors (Lipinski definition) is 1. The topological polar surface area (TPSA) is 73.6 Å². The molecule has 0 aromatic heterocycles. The van der Waals surface area contributed by atoms with E-state index in [0.717, 1.165) is 12.8 Å². The summed E-state index contributed by atoms with van der Waals surface area (Å²) in [6.07, 6.45) is 1.02. The second kappa shape index (κ2) is 5.56. The minimum absolute atomic E-state index is 0.0589. The van der Waals surface area contributed by atoms with Gasteiger partial charge in [0.25, 0.3) is 0 Å². The first-order valence-electron chi connectivity index (χ1n) is 5.13. The lowest BCUT2D eigenvalue weighted by molar-refractivity contribution is -0.0294. The molecule has 0 spiro atoms. The summed E-state index contributed by atoms with van der Waals surface area (Å²) >= 11 is 0. The van der Waals surface area contributed by atoms with Gasteiger partial charge in [-0.3, -0.25) is 0 Å². The number of likely N-dealkylation sites (tertiary alicyclic amines) is 1. The fourth-order valence-corrected chi connectivity index (χ4v) is 1.69. The Kier molecular flexibility index (Phi) is 4.37. The molecule has 5 nitrogen and oxygen atoms in total. The van der Waals surface area contributed by atoms with E-state index in [2.05, 4.69) is 6.07 Å². The van der Waals surface area contributed by atoms with Gasteiger partial charge in [-0.15, -0.1) is 0 Å². The predicted molar refractivity (Wildman–Crippen MR) is 53.4 cm³/mol. The Morgan fingerprint density at radius 2 is 2.27 bits per heavy atom.